The summed E-state index contributed by atoms with van der Waals surface area (Å²) >= 11 is 0. The molecular formula is C36H46N6O13. The number of carboxylic acid groups (broad SMARTS) is 3. The third-order valence-electron chi connectivity index (χ3n) is 8.81. The van der Waals surface area contributed by atoms with Crippen LogP contribution in [-0.4, -0.2) is 121 Å². The number of carbonyl (C=O) groups excluding carboxylic acids is 5. The van der Waals surface area contributed by atoms with Gasteiger partial charge in [0.1, 0.15) is 41.7 Å². The standard InChI is InChI=1S/C36H46N6O13/c1-18(2)30(41-33(51)25(17-29(47)48)38-31(49)23(37)14-19-5-9-21(43)10-6-19)35(53)42-13-3-4-27(42)34(52)39-24(16-28(45)46)32(50)40-26(36(54)55)15-20-7-11-22(44)12-8-20/h5-12,18,23-27,30,43-44H,3-4,13-17,37H2,1-2H3,(H,38,49)(H,39,52)(H,40,50)(H,41,51)(H,45,46)(H,47,48)(H,54,55). The summed E-state index contributed by atoms with van der Waals surface area (Å²) in [5.74, 6) is -9.71. The average molecular weight is 771 g/mol. The van der Waals surface area contributed by atoms with Crippen LogP contribution in [0.25, 0.3) is 0 Å². The Hall–Kier alpha value is -6.24. The maximum Gasteiger partial charge on any atom is 0.326 e. The lowest BCUT2D eigenvalue weighted by Gasteiger charge is -2.32. The molecule has 0 saturated carbocycles. The Morgan fingerprint density at radius 2 is 1.16 bits per heavy atom. The van der Waals surface area contributed by atoms with Crippen molar-refractivity contribution in [2.24, 2.45) is 11.7 Å². The normalized spacial score (nSPS) is 16.5. The van der Waals surface area contributed by atoms with Gasteiger partial charge < -0.3 is 57.4 Å². The molecule has 0 aromatic heterocycles. The number of aromatic hydroxyl groups is 2. The van der Waals surface area contributed by atoms with Gasteiger partial charge in [0, 0.05) is 13.0 Å². The SMILES string of the molecule is CC(C)C(NC(=O)C(CC(=O)O)NC(=O)C(N)Cc1ccc(O)cc1)C(=O)N1CCCC1C(=O)NC(CC(=O)O)C(=O)NC(Cc1ccc(O)cc1)C(=O)O. The van der Waals surface area contributed by atoms with Gasteiger partial charge >= 0.3 is 17.9 Å². The fourth-order valence-electron chi connectivity index (χ4n) is 5.88. The van der Waals surface area contributed by atoms with Gasteiger partial charge in [-0.15, -0.1) is 0 Å². The second-order valence-electron chi connectivity index (χ2n) is 13.5. The summed E-state index contributed by atoms with van der Waals surface area (Å²) in [6.07, 6.45) is -1.62. The predicted octanol–water partition coefficient (Wildman–Crippen LogP) is -1.17. The van der Waals surface area contributed by atoms with Crippen LogP contribution in [-0.2, 0) is 51.2 Å². The summed E-state index contributed by atoms with van der Waals surface area (Å²) in [6, 6.07) is 2.67. The van der Waals surface area contributed by atoms with Crippen LogP contribution >= 0.6 is 0 Å². The number of hydrogen-bond acceptors (Lipinski definition) is 11. The van der Waals surface area contributed by atoms with Crippen molar-refractivity contribution in [3.63, 3.8) is 0 Å². The lowest BCUT2D eigenvalue weighted by atomic mass is 10.0. The molecule has 2 aromatic carbocycles. The maximum atomic E-state index is 13.9. The van der Waals surface area contributed by atoms with Gasteiger partial charge in [-0.3, -0.25) is 33.6 Å². The van der Waals surface area contributed by atoms with Crippen LogP contribution in [0.1, 0.15) is 50.7 Å². The number of amides is 5. The number of carbonyl (C=O) groups is 8. The second-order valence-corrected chi connectivity index (χ2v) is 13.5. The molecule has 1 aliphatic rings. The third-order valence-corrected chi connectivity index (χ3v) is 8.81. The van der Waals surface area contributed by atoms with Crippen LogP contribution in [0, 0.1) is 5.92 Å². The quantitative estimate of drug-likeness (QED) is 0.0805. The Kier molecular flexibility index (Phi) is 15.5. The molecule has 19 nitrogen and oxygen atoms in total. The number of nitrogens with one attached hydrogen (secondary N) is 4. The molecule has 6 unspecified atom stereocenters. The lowest BCUT2D eigenvalue weighted by molar-refractivity contribution is -0.146. The third kappa shape index (κ3) is 13.0. The number of benzene rings is 2. The van der Waals surface area contributed by atoms with Crippen molar-refractivity contribution < 1.29 is 63.9 Å². The number of hydrogen-bond donors (Lipinski definition) is 10. The Morgan fingerprint density at radius 3 is 1.65 bits per heavy atom. The van der Waals surface area contributed by atoms with E-state index in [1.165, 1.54) is 48.5 Å². The molecule has 19 heteroatoms. The van der Waals surface area contributed by atoms with E-state index in [4.69, 9.17) is 5.73 Å². The first-order chi connectivity index (χ1) is 25.9. The minimum absolute atomic E-state index is 0.00479. The average Bonchev–Trinajstić information content (AvgIpc) is 3.61. The number of aliphatic carboxylic acids is 3. The van der Waals surface area contributed by atoms with Gasteiger partial charge in [0.25, 0.3) is 0 Å². The Labute approximate surface area is 315 Å². The van der Waals surface area contributed by atoms with Crippen molar-refractivity contribution >= 4 is 47.4 Å². The van der Waals surface area contributed by atoms with Crippen LogP contribution in [0.5, 0.6) is 11.5 Å². The fourth-order valence-corrected chi connectivity index (χ4v) is 5.88. The summed E-state index contributed by atoms with van der Waals surface area (Å²) in [5.41, 5.74) is 7.01. The summed E-state index contributed by atoms with van der Waals surface area (Å²) in [6.45, 7) is 3.19. The van der Waals surface area contributed by atoms with Crippen molar-refractivity contribution in [2.75, 3.05) is 6.54 Å². The summed E-state index contributed by atoms with van der Waals surface area (Å²) in [4.78, 5) is 103. The number of phenols is 2. The molecule has 5 amide bonds. The van der Waals surface area contributed by atoms with Gasteiger partial charge in [-0.25, -0.2) is 4.79 Å². The van der Waals surface area contributed by atoms with Gasteiger partial charge in [-0.2, -0.15) is 0 Å². The van der Waals surface area contributed by atoms with Crippen molar-refractivity contribution in [3.05, 3.63) is 59.7 Å². The summed E-state index contributed by atoms with van der Waals surface area (Å²) in [7, 11) is 0. The Bertz CT molecular complexity index is 1730. The number of rotatable bonds is 19. The first-order valence-corrected chi connectivity index (χ1v) is 17.4. The van der Waals surface area contributed by atoms with Gasteiger partial charge in [0.2, 0.25) is 29.5 Å². The second kappa shape index (κ2) is 19.7. The highest BCUT2D eigenvalue weighted by atomic mass is 16.4. The molecule has 1 aliphatic heterocycles. The molecule has 1 heterocycles. The van der Waals surface area contributed by atoms with Crippen molar-refractivity contribution in [3.8, 4) is 11.5 Å². The zero-order chi connectivity index (χ0) is 41.0. The molecule has 0 spiro atoms. The molecule has 55 heavy (non-hydrogen) atoms. The molecule has 11 N–H and O–H groups in total. The van der Waals surface area contributed by atoms with E-state index < -0.39 is 102 Å². The van der Waals surface area contributed by atoms with E-state index in [0.29, 0.717) is 17.5 Å². The number of nitrogens with two attached hydrogens (primary N) is 1. The first kappa shape index (κ1) is 43.2. The Morgan fingerprint density at radius 1 is 0.691 bits per heavy atom. The minimum atomic E-state index is -1.74. The van der Waals surface area contributed by atoms with E-state index in [0.717, 1.165) is 4.90 Å². The molecule has 6 atom stereocenters. The monoisotopic (exact) mass is 770 g/mol. The lowest BCUT2D eigenvalue weighted by Crippen LogP contribution is -2.60. The smallest absolute Gasteiger partial charge is 0.326 e. The van der Waals surface area contributed by atoms with Gasteiger partial charge in [-0.1, -0.05) is 38.1 Å². The highest BCUT2D eigenvalue weighted by Gasteiger charge is 2.41. The molecule has 0 bridgehead atoms. The van der Waals surface area contributed by atoms with Crippen molar-refractivity contribution in [1.82, 2.24) is 26.2 Å². The maximum absolute atomic E-state index is 13.9. The van der Waals surface area contributed by atoms with Gasteiger partial charge in [0.15, 0.2) is 0 Å². The van der Waals surface area contributed by atoms with Gasteiger partial charge in [0.05, 0.1) is 18.9 Å². The van der Waals surface area contributed by atoms with Crippen LogP contribution < -0.4 is 27.0 Å². The molecule has 0 aliphatic carbocycles. The van der Waals surface area contributed by atoms with Crippen LogP contribution in [0.15, 0.2) is 48.5 Å². The van der Waals surface area contributed by atoms with E-state index >= 15 is 0 Å². The van der Waals surface area contributed by atoms with E-state index in [1.54, 1.807) is 13.8 Å². The molecule has 2 aromatic rings. The minimum Gasteiger partial charge on any atom is -0.508 e. The summed E-state index contributed by atoms with van der Waals surface area (Å²) in [5, 5.41) is 57.0. The topological polar surface area (TPSA) is 315 Å². The highest BCUT2D eigenvalue weighted by Crippen LogP contribution is 2.21. The van der Waals surface area contributed by atoms with Crippen LogP contribution in [0.2, 0.25) is 0 Å². The van der Waals surface area contributed by atoms with Gasteiger partial charge in [-0.05, 0) is 60.6 Å². The van der Waals surface area contributed by atoms with Crippen molar-refractivity contribution in [2.45, 2.75) is 88.6 Å². The molecule has 1 fully saturated rings. The molecule has 1 saturated heterocycles. The molecule has 3 rings (SSSR count). The fraction of sp³-hybridized carbons (Fsp3) is 0.444. The van der Waals surface area contributed by atoms with E-state index in [-0.39, 0.29) is 37.3 Å². The largest absolute Gasteiger partial charge is 0.508 e. The van der Waals surface area contributed by atoms with Crippen molar-refractivity contribution in [1.29, 1.82) is 0 Å². The zero-order valence-electron chi connectivity index (χ0n) is 30.1. The predicted molar refractivity (Wildman–Crippen MR) is 191 cm³/mol. The van der Waals surface area contributed by atoms with E-state index in [2.05, 4.69) is 21.3 Å². The van der Waals surface area contributed by atoms with Crippen LogP contribution in [0.4, 0.5) is 0 Å². The molecule has 0 radical (unpaired) electrons. The van der Waals surface area contributed by atoms with E-state index in [9.17, 15) is 63.9 Å². The molecular weight excluding hydrogens is 724 g/mol. The first-order valence-electron chi connectivity index (χ1n) is 17.4. The zero-order valence-corrected chi connectivity index (χ0v) is 30.1. The Balaban J connectivity index is 1.72. The number of carboxylic acids is 3. The molecule has 298 valence electrons. The summed E-state index contributed by atoms with van der Waals surface area (Å²) < 4.78 is 0. The highest BCUT2D eigenvalue weighted by molar-refractivity contribution is 5.98. The van der Waals surface area contributed by atoms with E-state index in [1.807, 2.05) is 0 Å². The number of nitrogens with zero attached hydrogens (tertiary/aromatic N) is 1. The number of likely N-dealkylation sites (tertiary alicyclic amines) is 1. The number of phenolic OH excluding ortho intramolecular Hbond substituents is 2. The van der Waals surface area contributed by atoms with Crippen LogP contribution in [0.3, 0.4) is 0 Å².